The van der Waals surface area contributed by atoms with Gasteiger partial charge in [-0.25, -0.2) is 0 Å². The lowest BCUT2D eigenvalue weighted by Gasteiger charge is -2.25. The smallest absolute Gasteiger partial charge is 0.325 e. The minimum Gasteiger partial charge on any atom is -0.325 e. The van der Waals surface area contributed by atoms with Crippen molar-refractivity contribution in [1.29, 1.82) is 0 Å². The van der Waals surface area contributed by atoms with Gasteiger partial charge in [-0.05, 0) is 12.8 Å². The maximum Gasteiger partial charge on any atom is 0.408 e. The Bertz CT molecular complexity index is 517. The summed E-state index contributed by atoms with van der Waals surface area (Å²) in [6, 6.07) is -0.748. The highest BCUT2D eigenvalue weighted by molar-refractivity contribution is 5.92. The van der Waals surface area contributed by atoms with Crippen molar-refractivity contribution < 1.29 is 18.0 Å². The molecule has 5 nitrogen and oxygen atoms in total. The molecule has 0 aromatic carbocycles. The molecule has 0 unspecified atom stereocenters. The average Bonchev–Trinajstić information content (AvgIpc) is 2.84. The van der Waals surface area contributed by atoms with Crippen molar-refractivity contribution in [1.82, 2.24) is 14.7 Å². The molecule has 2 rings (SSSR count). The average molecular weight is 263 g/mol. The second-order valence-corrected chi connectivity index (χ2v) is 4.27. The molecule has 0 bridgehead atoms. The Hall–Kier alpha value is -1.73. The third-order valence-electron chi connectivity index (χ3n) is 3.01. The predicted octanol–water partition coefficient (Wildman–Crippen LogP) is 0.880. The fraction of sp³-hybridized carbons (Fsp3) is 0.600. The summed E-state index contributed by atoms with van der Waals surface area (Å²) in [6.07, 6.45) is -4.21. The lowest BCUT2D eigenvalue weighted by Crippen LogP contribution is -2.44. The van der Waals surface area contributed by atoms with Gasteiger partial charge in [0.15, 0.2) is 0 Å². The van der Waals surface area contributed by atoms with E-state index in [-0.39, 0.29) is 18.7 Å². The predicted molar refractivity (Wildman–Crippen MR) is 56.1 cm³/mol. The number of aryl methyl sites for hydroxylation is 1. The molecule has 1 atom stereocenters. The summed E-state index contributed by atoms with van der Waals surface area (Å²) in [5.74, 6) is -0.785. The highest BCUT2D eigenvalue weighted by atomic mass is 19.4. The summed E-state index contributed by atoms with van der Waals surface area (Å²) in [5, 5.41) is 2.44. The largest absolute Gasteiger partial charge is 0.408 e. The molecule has 1 aliphatic rings. The minimum atomic E-state index is -4.43. The molecule has 0 spiro atoms. The first kappa shape index (κ1) is 12.7. The van der Waals surface area contributed by atoms with E-state index in [0.29, 0.717) is 6.42 Å². The molecule has 1 amide bonds. The van der Waals surface area contributed by atoms with Crippen molar-refractivity contribution in [2.75, 3.05) is 6.54 Å². The van der Waals surface area contributed by atoms with Crippen LogP contribution in [0.2, 0.25) is 0 Å². The number of alkyl halides is 3. The highest BCUT2D eigenvalue weighted by Gasteiger charge is 2.48. The van der Waals surface area contributed by atoms with Crippen molar-refractivity contribution in [3.8, 4) is 0 Å². The van der Waals surface area contributed by atoms with E-state index in [9.17, 15) is 22.8 Å². The first-order valence-corrected chi connectivity index (χ1v) is 5.44. The molecule has 0 aliphatic carbocycles. The van der Waals surface area contributed by atoms with Gasteiger partial charge in [-0.15, -0.1) is 0 Å². The van der Waals surface area contributed by atoms with E-state index in [4.69, 9.17) is 0 Å². The number of rotatable bonds is 1. The molecule has 1 N–H and O–H groups in total. The molecule has 2 heterocycles. The van der Waals surface area contributed by atoms with Gasteiger partial charge in [0.1, 0.15) is 11.7 Å². The number of carbonyl (C=O) groups excluding carboxylic acids is 1. The van der Waals surface area contributed by atoms with Crippen molar-refractivity contribution in [3.63, 3.8) is 0 Å². The molecule has 1 aromatic heterocycles. The number of nitrogens with one attached hydrogen (secondary N) is 1. The zero-order chi connectivity index (χ0) is 13.5. The second kappa shape index (κ2) is 4.18. The molecule has 1 saturated heterocycles. The Kier molecular flexibility index (Phi) is 2.95. The minimum absolute atomic E-state index is 0.0555. The lowest BCUT2D eigenvalue weighted by atomic mass is 10.2. The van der Waals surface area contributed by atoms with Gasteiger partial charge in [0, 0.05) is 19.7 Å². The van der Waals surface area contributed by atoms with Crippen LogP contribution in [0.5, 0.6) is 0 Å². The maximum absolute atomic E-state index is 12.7. The molecule has 18 heavy (non-hydrogen) atoms. The lowest BCUT2D eigenvalue weighted by molar-refractivity contribution is -0.169. The fourth-order valence-corrected chi connectivity index (χ4v) is 2.10. The van der Waals surface area contributed by atoms with Crippen LogP contribution in [0.3, 0.4) is 0 Å². The van der Waals surface area contributed by atoms with Crippen molar-refractivity contribution in [2.45, 2.75) is 25.1 Å². The van der Waals surface area contributed by atoms with E-state index in [1.807, 2.05) is 0 Å². The third-order valence-corrected chi connectivity index (χ3v) is 3.01. The quantitative estimate of drug-likeness (QED) is 0.817. The van der Waals surface area contributed by atoms with Crippen LogP contribution in [0, 0.1) is 0 Å². The number of amides is 1. The molecule has 1 aliphatic heterocycles. The molecule has 100 valence electrons. The zero-order valence-electron chi connectivity index (χ0n) is 9.62. The number of aromatic amines is 1. The maximum atomic E-state index is 12.7. The van der Waals surface area contributed by atoms with Gasteiger partial charge < -0.3 is 4.90 Å². The van der Waals surface area contributed by atoms with Gasteiger partial charge >= 0.3 is 6.18 Å². The van der Waals surface area contributed by atoms with Crippen LogP contribution in [0.25, 0.3) is 0 Å². The standard InChI is InChI=1S/C10H12F3N3O2/c1-15-8(17)5-6(14-15)9(18)16-4-2-3-7(16)10(11,12)13/h5,7,14H,2-4H2,1H3/t7-/m0/s1. The Morgan fingerprint density at radius 3 is 2.67 bits per heavy atom. The van der Waals surface area contributed by atoms with Gasteiger partial charge in [0.05, 0.1) is 0 Å². The molecule has 8 heteroatoms. The number of aromatic nitrogens is 2. The topological polar surface area (TPSA) is 58.1 Å². The Labute approximate surface area is 100 Å². The number of halogens is 3. The zero-order valence-corrected chi connectivity index (χ0v) is 9.62. The molecule has 0 radical (unpaired) electrons. The van der Waals surface area contributed by atoms with E-state index in [1.165, 1.54) is 7.05 Å². The van der Waals surface area contributed by atoms with Crippen LogP contribution in [0.15, 0.2) is 10.9 Å². The van der Waals surface area contributed by atoms with Gasteiger partial charge in [0.2, 0.25) is 0 Å². The van der Waals surface area contributed by atoms with Crippen LogP contribution in [-0.2, 0) is 7.05 Å². The summed E-state index contributed by atoms with van der Waals surface area (Å²) in [6.45, 7) is 0.0555. The normalized spacial score (nSPS) is 20.4. The van der Waals surface area contributed by atoms with Crippen molar-refractivity contribution in [3.05, 3.63) is 22.1 Å². The van der Waals surface area contributed by atoms with Crippen molar-refractivity contribution >= 4 is 5.91 Å². The Balaban J connectivity index is 2.26. The summed E-state index contributed by atoms with van der Waals surface area (Å²) in [7, 11) is 1.39. The summed E-state index contributed by atoms with van der Waals surface area (Å²) < 4.78 is 39.1. The number of nitrogens with zero attached hydrogens (tertiary/aromatic N) is 2. The summed E-state index contributed by atoms with van der Waals surface area (Å²) >= 11 is 0. The van der Waals surface area contributed by atoms with Crippen LogP contribution in [-0.4, -0.2) is 39.4 Å². The highest BCUT2D eigenvalue weighted by Crippen LogP contribution is 2.33. The molecular weight excluding hydrogens is 251 g/mol. The molecule has 0 saturated carbocycles. The fourth-order valence-electron chi connectivity index (χ4n) is 2.10. The van der Waals surface area contributed by atoms with E-state index in [0.717, 1.165) is 15.6 Å². The molecular formula is C10H12F3N3O2. The van der Waals surface area contributed by atoms with Crippen LogP contribution >= 0.6 is 0 Å². The van der Waals surface area contributed by atoms with Gasteiger partial charge in [-0.2, -0.15) is 13.2 Å². The number of H-pyrrole nitrogens is 1. The third kappa shape index (κ3) is 2.14. The van der Waals surface area contributed by atoms with Gasteiger partial charge in [-0.1, -0.05) is 0 Å². The Morgan fingerprint density at radius 1 is 1.50 bits per heavy atom. The van der Waals surface area contributed by atoms with E-state index < -0.39 is 23.7 Å². The summed E-state index contributed by atoms with van der Waals surface area (Å²) in [4.78, 5) is 23.9. The number of hydrogen-bond donors (Lipinski definition) is 1. The van der Waals surface area contributed by atoms with E-state index >= 15 is 0 Å². The van der Waals surface area contributed by atoms with Crippen LogP contribution in [0.1, 0.15) is 23.3 Å². The number of hydrogen-bond acceptors (Lipinski definition) is 2. The number of likely N-dealkylation sites (tertiary alicyclic amines) is 1. The SMILES string of the molecule is Cn1[nH]c(C(=O)N2CCC[C@H]2C(F)(F)F)cc1=O. The molecule has 1 fully saturated rings. The van der Waals surface area contributed by atoms with Gasteiger partial charge in [-0.3, -0.25) is 19.4 Å². The number of carbonyl (C=O) groups is 1. The summed E-state index contributed by atoms with van der Waals surface area (Å²) in [5.41, 5.74) is -0.570. The van der Waals surface area contributed by atoms with E-state index in [2.05, 4.69) is 5.10 Å². The Morgan fingerprint density at radius 2 is 2.17 bits per heavy atom. The van der Waals surface area contributed by atoms with E-state index in [1.54, 1.807) is 0 Å². The van der Waals surface area contributed by atoms with Crippen LogP contribution in [0.4, 0.5) is 13.2 Å². The monoisotopic (exact) mass is 263 g/mol. The molecule has 1 aromatic rings. The second-order valence-electron chi connectivity index (χ2n) is 4.27. The first-order chi connectivity index (χ1) is 8.30. The first-order valence-electron chi connectivity index (χ1n) is 5.44. The van der Waals surface area contributed by atoms with Crippen LogP contribution < -0.4 is 5.56 Å². The van der Waals surface area contributed by atoms with Crippen molar-refractivity contribution in [2.24, 2.45) is 7.05 Å². The van der Waals surface area contributed by atoms with Gasteiger partial charge in [0.25, 0.3) is 11.5 Å².